The molecule has 3 rings (SSSR count). The van der Waals surface area contributed by atoms with Crippen LogP contribution in [0.1, 0.15) is 16.7 Å². The van der Waals surface area contributed by atoms with Gasteiger partial charge in [0.05, 0.1) is 0 Å². The summed E-state index contributed by atoms with van der Waals surface area (Å²) in [5.41, 5.74) is 3.60. The summed E-state index contributed by atoms with van der Waals surface area (Å²) >= 11 is -1.03. The zero-order chi connectivity index (χ0) is 12.5. The number of allylic oxidation sites excluding steroid dienone is 1. The molecule has 2 aromatic carbocycles. The lowest BCUT2D eigenvalue weighted by molar-refractivity contribution is 0.590. The summed E-state index contributed by atoms with van der Waals surface area (Å²) < 4.78 is 12.5. The zero-order valence-electron chi connectivity index (χ0n) is 10.1. The quantitative estimate of drug-likeness (QED) is 0.594. The number of rotatable bonds is 2. The van der Waals surface area contributed by atoms with E-state index in [2.05, 4.69) is 18.7 Å². The predicted molar refractivity (Wildman–Crippen MR) is 74.3 cm³/mol. The van der Waals surface area contributed by atoms with Crippen LogP contribution in [0.3, 0.4) is 0 Å². The molecule has 18 heavy (non-hydrogen) atoms. The molecule has 0 saturated heterocycles. The molecule has 1 nitrogen and oxygen atoms in total. The maximum absolute atomic E-state index is 12.5. The van der Waals surface area contributed by atoms with Gasteiger partial charge in [-0.2, -0.15) is 0 Å². The van der Waals surface area contributed by atoms with Gasteiger partial charge in [-0.15, -0.1) is 6.58 Å². The Hall–Kier alpha value is -1.51. The third kappa shape index (κ3) is 1.88. The van der Waals surface area contributed by atoms with Crippen molar-refractivity contribution in [1.29, 1.82) is 0 Å². The Kier molecular flexibility index (Phi) is 2.98. The van der Waals surface area contributed by atoms with Gasteiger partial charge in [-0.05, 0) is 24.1 Å². The van der Waals surface area contributed by atoms with Gasteiger partial charge in [0.1, 0.15) is 0 Å². The minimum Gasteiger partial charge on any atom is -0.606 e. The highest BCUT2D eigenvalue weighted by Crippen LogP contribution is 2.34. The van der Waals surface area contributed by atoms with Gasteiger partial charge in [0, 0.05) is 28.7 Å². The third-order valence-corrected chi connectivity index (χ3v) is 4.85. The highest BCUT2D eigenvalue weighted by Gasteiger charge is 2.27. The average molecular weight is 254 g/mol. The van der Waals surface area contributed by atoms with Crippen LogP contribution < -0.4 is 0 Å². The van der Waals surface area contributed by atoms with Crippen molar-refractivity contribution >= 4 is 11.2 Å². The van der Waals surface area contributed by atoms with Crippen LogP contribution in [0.4, 0.5) is 0 Å². The molecule has 2 aromatic rings. The monoisotopic (exact) mass is 254 g/mol. The zero-order valence-corrected chi connectivity index (χ0v) is 10.9. The Bertz CT molecular complexity index is 604. The number of hydrogen-bond acceptors (Lipinski definition) is 1. The van der Waals surface area contributed by atoms with Crippen molar-refractivity contribution in [3.63, 3.8) is 0 Å². The van der Waals surface area contributed by atoms with Gasteiger partial charge in [-0.25, -0.2) is 0 Å². The van der Waals surface area contributed by atoms with Gasteiger partial charge >= 0.3 is 0 Å². The van der Waals surface area contributed by atoms with Crippen LogP contribution in [0.25, 0.3) is 0 Å². The molecular weight excluding hydrogens is 240 g/mol. The Morgan fingerprint density at radius 3 is 2.72 bits per heavy atom. The van der Waals surface area contributed by atoms with Crippen molar-refractivity contribution in [2.45, 2.75) is 22.6 Å². The van der Waals surface area contributed by atoms with Crippen LogP contribution in [0.5, 0.6) is 0 Å². The van der Waals surface area contributed by atoms with Crippen molar-refractivity contribution in [2.75, 3.05) is 0 Å². The molecule has 1 heterocycles. The van der Waals surface area contributed by atoms with E-state index in [1.807, 2.05) is 36.4 Å². The average Bonchev–Trinajstić information content (AvgIpc) is 2.39. The molecule has 0 bridgehead atoms. The van der Waals surface area contributed by atoms with E-state index in [9.17, 15) is 4.55 Å². The van der Waals surface area contributed by atoms with E-state index in [-0.39, 0.29) is 0 Å². The second-order valence-corrected chi connectivity index (χ2v) is 5.91. The minimum absolute atomic E-state index is 0.863. The van der Waals surface area contributed by atoms with E-state index in [1.165, 1.54) is 16.7 Å². The minimum atomic E-state index is -1.03. The molecular formula is C16H14OS. The molecule has 0 fully saturated rings. The fourth-order valence-electron chi connectivity index (χ4n) is 2.40. The van der Waals surface area contributed by atoms with Crippen LogP contribution in [-0.2, 0) is 24.0 Å². The fraction of sp³-hybridized carbons (Fsp3) is 0.125. The fourth-order valence-corrected chi connectivity index (χ4v) is 3.78. The lowest BCUT2D eigenvalue weighted by Gasteiger charge is -2.21. The Morgan fingerprint density at radius 2 is 1.89 bits per heavy atom. The first-order chi connectivity index (χ1) is 8.79. The smallest absolute Gasteiger partial charge is 0.161 e. The lowest BCUT2D eigenvalue weighted by Crippen LogP contribution is -2.14. The SMILES string of the molecule is C=CCc1ccc2c(c1)Cc1ccccc1[S+]2[O-]. The van der Waals surface area contributed by atoms with Gasteiger partial charge in [0.15, 0.2) is 9.79 Å². The highest BCUT2D eigenvalue weighted by molar-refractivity contribution is 7.91. The van der Waals surface area contributed by atoms with Crippen molar-refractivity contribution in [2.24, 2.45) is 0 Å². The highest BCUT2D eigenvalue weighted by atomic mass is 32.2. The van der Waals surface area contributed by atoms with Gasteiger partial charge in [0.25, 0.3) is 0 Å². The number of fused-ring (bicyclic) bond motifs is 2. The molecule has 0 N–H and O–H groups in total. The lowest BCUT2D eigenvalue weighted by atomic mass is 10.0. The number of benzene rings is 2. The molecule has 1 aliphatic heterocycles. The molecule has 0 aliphatic carbocycles. The van der Waals surface area contributed by atoms with Crippen LogP contribution in [0.2, 0.25) is 0 Å². The summed E-state index contributed by atoms with van der Waals surface area (Å²) in [6.45, 7) is 3.76. The van der Waals surface area contributed by atoms with Gasteiger partial charge in [-0.1, -0.05) is 36.4 Å². The maximum atomic E-state index is 12.5. The molecule has 0 radical (unpaired) electrons. The van der Waals surface area contributed by atoms with Crippen molar-refractivity contribution in [3.05, 3.63) is 71.8 Å². The molecule has 1 atom stereocenters. The molecule has 1 unspecified atom stereocenters. The largest absolute Gasteiger partial charge is 0.606 e. The van der Waals surface area contributed by atoms with Crippen LogP contribution in [0, 0.1) is 0 Å². The first-order valence-corrected chi connectivity index (χ1v) is 7.17. The first-order valence-electron chi connectivity index (χ1n) is 6.02. The molecule has 0 amide bonds. The predicted octanol–water partition coefficient (Wildman–Crippen LogP) is 3.49. The van der Waals surface area contributed by atoms with Crippen LogP contribution in [0.15, 0.2) is 64.9 Å². The topological polar surface area (TPSA) is 23.1 Å². The summed E-state index contributed by atoms with van der Waals surface area (Å²) in [7, 11) is 0. The van der Waals surface area contributed by atoms with Gasteiger partial charge in [-0.3, -0.25) is 0 Å². The second kappa shape index (κ2) is 4.63. The van der Waals surface area contributed by atoms with Crippen molar-refractivity contribution in [3.8, 4) is 0 Å². The van der Waals surface area contributed by atoms with Crippen molar-refractivity contribution in [1.82, 2.24) is 0 Å². The van der Waals surface area contributed by atoms with E-state index >= 15 is 0 Å². The summed E-state index contributed by atoms with van der Waals surface area (Å²) in [6.07, 6.45) is 3.64. The van der Waals surface area contributed by atoms with E-state index in [0.29, 0.717) is 0 Å². The second-order valence-electron chi connectivity index (χ2n) is 4.49. The molecule has 0 aromatic heterocycles. The third-order valence-electron chi connectivity index (χ3n) is 3.26. The van der Waals surface area contributed by atoms with Crippen LogP contribution in [-0.4, -0.2) is 4.55 Å². The summed E-state index contributed by atoms with van der Waals surface area (Å²) in [5.74, 6) is 0. The van der Waals surface area contributed by atoms with Gasteiger partial charge in [0.2, 0.25) is 0 Å². The Morgan fingerprint density at radius 1 is 1.11 bits per heavy atom. The molecule has 1 aliphatic rings. The Labute approximate surface area is 110 Å². The standard InChI is InChI=1S/C16H14OS/c1-2-5-12-8-9-16-14(10-12)11-13-6-3-4-7-15(13)18(16)17/h2-4,6-10H,1,5,11H2. The normalized spacial score (nSPS) is 16.8. The van der Waals surface area contributed by atoms with Crippen LogP contribution >= 0.6 is 0 Å². The van der Waals surface area contributed by atoms with E-state index in [4.69, 9.17) is 0 Å². The van der Waals surface area contributed by atoms with Gasteiger partial charge < -0.3 is 4.55 Å². The first kappa shape index (κ1) is 11.6. The summed E-state index contributed by atoms with van der Waals surface area (Å²) in [4.78, 5) is 1.92. The van der Waals surface area contributed by atoms with E-state index in [1.54, 1.807) is 0 Å². The molecule has 0 spiro atoms. The van der Waals surface area contributed by atoms with E-state index in [0.717, 1.165) is 22.6 Å². The molecule has 2 heteroatoms. The number of hydrogen-bond donors (Lipinski definition) is 0. The maximum Gasteiger partial charge on any atom is 0.161 e. The Balaban J connectivity index is 2.07. The van der Waals surface area contributed by atoms with E-state index < -0.39 is 11.2 Å². The van der Waals surface area contributed by atoms with Crippen molar-refractivity contribution < 1.29 is 4.55 Å². The molecule has 0 saturated carbocycles. The molecule has 90 valence electrons. The summed E-state index contributed by atoms with van der Waals surface area (Å²) in [5, 5.41) is 0. The summed E-state index contributed by atoms with van der Waals surface area (Å²) in [6, 6.07) is 14.2.